The second-order valence-electron chi connectivity index (χ2n) is 2.24. The molecule has 0 aliphatic heterocycles. The molecule has 0 aliphatic carbocycles. The summed E-state index contributed by atoms with van der Waals surface area (Å²) in [4.78, 5) is 0. The molecule has 20 nitrogen and oxygen atoms in total. The van der Waals surface area contributed by atoms with Crippen LogP contribution in [-0.4, -0.2) is 176 Å². The van der Waals surface area contributed by atoms with Gasteiger partial charge >= 0.3 is 141 Å². The van der Waals surface area contributed by atoms with Gasteiger partial charge in [-0.3, -0.25) is 45.5 Å². The van der Waals surface area contributed by atoms with Crippen LogP contribution in [0.25, 0.3) is 0 Å². The predicted molar refractivity (Wildman–Crippen MR) is 92.3 cm³/mol. The minimum absolute atomic E-state index is 0. The zero-order valence-corrected chi connectivity index (χ0v) is 14.7. The molecule has 28 heavy (non-hydrogen) atoms. The summed E-state index contributed by atoms with van der Waals surface area (Å²) in [5.74, 6) is 0. The molecule has 0 aromatic carbocycles. The van der Waals surface area contributed by atoms with Crippen molar-refractivity contribution in [2.45, 2.75) is 0 Å². The van der Waals surface area contributed by atoms with Gasteiger partial charge in [-0.05, 0) is 0 Å². The normalized spacial score (nSPS) is 10.4. The molecule has 0 saturated carbocycles. The summed E-state index contributed by atoms with van der Waals surface area (Å²) in [7, 11) is -23.3. The van der Waals surface area contributed by atoms with Gasteiger partial charge in [-0.1, -0.05) is 0 Å². The Labute approximate surface area is 225 Å². The third-order valence-corrected chi connectivity index (χ3v) is 0. The van der Waals surface area contributed by atoms with Crippen LogP contribution in [0.4, 0.5) is 0 Å². The Balaban J connectivity index is -0.0000000290. The first-order valence-electron chi connectivity index (χ1n) is 3.49. The van der Waals surface area contributed by atoms with E-state index in [0.717, 1.165) is 0 Å². The SMILES string of the molecule is O=S(=O)(O)O.O=S(=O)(O)O.O=S(=O)(O)O.O=S(=O)(O)O.O=S(=O)(O)O.[NaH].[NaH].[NaH]. The fourth-order valence-electron chi connectivity index (χ4n) is 0. The molecule has 0 amide bonds. The van der Waals surface area contributed by atoms with Gasteiger partial charge in [-0.2, -0.15) is 42.1 Å². The van der Waals surface area contributed by atoms with Gasteiger partial charge in [0.1, 0.15) is 0 Å². The van der Waals surface area contributed by atoms with Crippen molar-refractivity contribution >= 4 is 141 Å². The van der Waals surface area contributed by atoms with Gasteiger partial charge < -0.3 is 0 Å². The molecule has 0 rings (SSSR count). The minimum atomic E-state index is -4.67. The molecule has 0 aliphatic rings. The Bertz CT molecular complexity index is 622. The molecule has 0 aromatic rings. The van der Waals surface area contributed by atoms with Crippen molar-refractivity contribution in [3.05, 3.63) is 0 Å². The van der Waals surface area contributed by atoms with Crippen molar-refractivity contribution in [3.63, 3.8) is 0 Å². The molecule has 0 aromatic heterocycles. The van der Waals surface area contributed by atoms with Crippen LogP contribution < -0.4 is 0 Å². The van der Waals surface area contributed by atoms with Crippen LogP contribution in [0.15, 0.2) is 0 Å². The van der Waals surface area contributed by atoms with Gasteiger partial charge in [-0.25, -0.2) is 0 Å². The maximum absolute atomic E-state index is 8.74. The summed E-state index contributed by atoms with van der Waals surface area (Å²) in [6, 6.07) is 0. The molecule has 0 spiro atoms. The molecule has 0 atom stereocenters. The number of hydrogen-bond donors (Lipinski definition) is 10. The molecule has 0 radical (unpaired) electrons. The molecule has 28 heteroatoms. The van der Waals surface area contributed by atoms with Crippen molar-refractivity contribution < 1.29 is 87.6 Å². The van der Waals surface area contributed by atoms with Crippen molar-refractivity contribution in [1.29, 1.82) is 0 Å². The Morgan fingerprint density at radius 2 is 0.250 bits per heavy atom. The van der Waals surface area contributed by atoms with Gasteiger partial charge in [0, 0.05) is 0 Å². The standard InChI is InChI=1S/3Na.5H2O4S.3H/c;;;5*1-5(2,3)4;;;/h;;;5*(H2,1,2,3,4);;;. The summed E-state index contributed by atoms with van der Waals surface area (Å²) in [5, 5.41) is 0. The first-order chi connectivity index (χ1) is 10.0. The first kappa shape index (κ1) is 52.3. The van der Waals surface area contributed by atoms with E-state index in [9.17, 15) is 0 Å². The van der Waals surface area contributed by atoms with E-state index in [1.165, 1.54) is 0 Å². The van der Waals surface area contributed by atoms with E-state index in [-0.39, 0.29) is 88.7 Å². The average molecular weight is 562 g/mol. The summed E-state index contributed by atoms with van der Waals surface area (Å²) < 4.78 is 158. The van der Waals surface area contributed by atoms with Crippen LogP contribution in [0.2, 0.25) is 0 Å². The van der Waals surface area contributed by atoms with E-state index in [1.807, 2.05) is 0 Å². The molecule has 0 fully saturated rings. The summed E-state index contributed by atoms with van der Waals surface area (Å²) in [6.45, 7) is 0. The van der Waals surface area contributed by atoms with Gasteiger partial charge in [0.05, 0.1) is 0 Å². The zero-order chi connectivity index (χ0) is 22.5. The number of rotatable bonds is 0. The van der Waals surface area contributed by atoms with Gasteiger partial charge in [0.15, 0.2) is 0 Å². The Morgan fingerprint density at radius 3 is 0.250 bits per heavy atom. The van der Waals surface area contributed by atoms with Crippen molar-refractivity contribution in [2.75, 3.05) is 0 Å². The fraction of sp³-hybridized carbons (Fsp3) is 0. The average Bonchev–Trinajstić information content (AvgIpc) is 1.79. The third-order valence-electron chi connectivity index (χ3n) is 0. The Morgan fingerprint density at radius 1 is 0.250 bits per heavy atom. The third kappa shape index (κ3) is 3840. The van der Waals surface area contributed by atoms with Gasteiger partial charge in [0.2, 0.25) is 0 Å². The van der Waals surface area contributed by atoms with Crippen molar-refractivity contribution in [2.24, 2.45) is 0 Å². The van der Waals surface area contributed by atoms with Crippen LogP contribution in [0.3, 0.4) is 0 Å². The zero-order valence-electron chi connectivity index (χ0n) is 10.6. The molecule has 0 unspecified atom stereocenters. The monoisotopic (exact) mass is 562 g/mol. The summed E-state index contributed by atoms with van der Waals surface area (Å²) in [5.41, 5.74) is 0. The van der Waals surface area contributed by atoms with E-state index >= 15 is 0 Å². The van der Waals surface area contributed by atoms with Crippen LogP contribution >= 0.6 is 0 Å². The molecule has 166 valence electrons. The Kier molecular flexibility index (Phi) is 42.1. The van der Waals surface area contributed by atoms with E-state index in [4.69, 9.17) is 87.6 Å². The van der Waals surface area contributed by atoms with Gasteiger partial charge in [-0.15, -0.1) is 0 Å². The van der Waals surface area contributed by atoms with Crippen LogP contribution in [0, 0.1) is 0 Å². The Hall–Kier alpha value is 2.35. The molecular formula is H13Na3O20S5. The van der Waals surface area contributed by atoms with E-state index in [0.29, 0.717) is 0 Å². The maximum atomic E-state index is 8.74. The molecule has 0 bridgehead atoms. The molecule has 0 heterocycles. The molecule has 10 N–H and O–H groups in total. The van der Waals surface area contributed by atoms with Crippen molar-refractivity contribution in [3.8, 4) is 0 Å². The topological polar surface area (TPSA) is 373 Å². The molecular weight excluding hydrogens is 549 g/mol. The van der Waals surface area contributed by atoms with Crippen LogP contribution in [0.1, 0.15) is 0 Å². The van der Waals surface area contributed by atoms with Crippen molar-refractivity contribution in [1.82, 2.24) is 0 Å². The second kappa shape index (κ2) is 22.5. The summed E-state index contributed by atoms with van der Waals surface area (Å²) >= 11 is 0. The fourth-order valence-corrected chi connectivity index (χ4v) is 0. The van der Waals surface area contributed by atoms with Crippen LogP contribution in [-0.2, 0) is 52.0 Å². The second-order valence-corrected chi connectivity index (χ2v) is 6.72. The van der Waals surface area contributed by atoms with E-state index in [1.54, 1.807) is 0 Å². The number of hydrogen-bond acceptors (Lipinski definition) is 10. The predicted octanol–water partition coefficient (Wildman–Crippen LogP) is -5.21. The van der Waals surface area contributed by atoms with E-state index in [2.05, 4.69) is 0 Å². The molecule has 0 saturated heterocycles. The quantitative estimate of drug-likeness (QED) is 0.0973. The van der Waals surface area contributed by atoms with Crippen LogP contribution in [0.5, 0.6) is 0 Å². The first-order valence-corrected chi connectivity index (χ1v) is 10.5. The summed E-state index contributed by atoms with van der Waals surface area (Å²) in [6.07, 6.45) is 0. The van der Waals surface area contributed by atoms with Gasteiger partial charge in [0.25, 0.3) is 0 Å². The van der Waals surface area contributed by atoms with E-state index < -0.39 is 52.0 Å².